The summed E-state index contributed by atoms with van der Waals surface area (Å²) in [5.41, 5.74) is 2.49. The van der Waals surface area contributed by atoms with Crippen LogP contribution in [0.4, 0.5) is 5.69 Å². The van der Waals surface area contributed by atoms with Crippen molar-refractivity contribution in [3.63, 3.8) is 0 Å². The molecule has 0 aliphatic carbocycles. The lowest BCUT2D eigenvalue weighted by molar-refractivity contribution is -0.118. The molecule has 1 aliphatic heterocycles. The van der Waals surface area contributed by atoms with Crippen molar-refractivity contribution in [2.45, 2.75) is 11.3 Å². The highest BCUT2D eigenvalue weighted by Gasteiger charge is 2.24. The van der Waals surface area contributed by atoms with Gasteiger partial charge in [0.2, 0.25) is 5.91 Å². The molecule has 1 aromatic heterocycles. The van der Waals surface area contributed by atoms with Gasteiger partial charge in [0.1, 0.15) is 11.3 Å². The lowest BCUT2D eigenvalue weighted by atomic mass is 10.1. The van der Waals surface area contributed by atoms with E-state index in [1.54, 1.807) is 25.1 Å². The van der Waals surface area contributed by atoms with Gasteiger partial charge in [-0.25, -0.2) is 0 Å². The van der Waals surface area contributed by atoms with E-state index in [4.69, 9.17) is 20.8 Å². The second kappa shape index (κ2) is 6.65. The molecular weight excluding hydrogens is 358 g/mol. The van der Waals surface area contributed by atoms with Crippen LogP contribution in [0, 0.1) is 0 Å². The SMILES string of the molecule is COc1ccc2c(CC(=O)N3CCSc4ccc(Cl)cc43)coc2c1. The minimum atomic E-state index is 0.0438. The molecule has 4 nitrogen and oxygen atoms in total. The van der Waals surface area contributed by atoms with E-state index in [0.29, 0.717) is 11.6 Å². The van der Waals surface area contributed by atoms with Gasteiger partial charge in [0, 0.05) is 39.2 Å². The average molecular weight is 374 g/mol. The number of fused-ring (bicyclic) bond motifs is 2. The van der Waals surface area contributed by atoms with E-state index < -0.39 is 0 Å². The van der Waals surface area contributed by atoms with E-state index in [1.165, 1.54) is 0 Å². The number of furan rings is 1. The number of methoxy groups -OCH3 is 1. The van der Waals surface area contributed by atoms with E-state index in [9.17, 15) is 4.79 Å². The van der Waals surface area contributed by atoms with Crippen LogP contribution in [-0.4, -0.2) is 25.3 Å². The van der Waals surface area contributed by atoms with Gasteiger partial charge in [-0.15, -0.1) is 11.8 Å². The van der Waals surface area contributed by atoms with Crippen LogP contribution in [0.2, 0.25) is 5.02 Å². The standard InChI is InChI=1S/C19H16ClNO3S/c1-23-14-3-4-15-12(11-24-17(15)10-14)8-19(22)21-6-7-25-18-5-2-13(20)9-16(18)21/h2-5,9-11H,6-8H2,1H3. The molecule has 0 saturated heterocycles. The first-order valence-electron chi connectivity index (χ1n) is 7.92. The zero-order valence-electron chi connectivity index (χ0n) is 13.6. The number of ether oxygens (including phenoxy) is 1. The van der Waals surface area contributed by atoms with Crippen molar-refractivity contribution in [3.05, 3.63) is 53.2 Å². The van der Waals surface area contributed by atoms with Crippen LogP contribution in [0.1, 0.15) is 5.56 Å². The molecule has 1 aliphatic rings. The zero-order chi connectivity index (χ0) is 17.4. The van der Waals surface area contributed by atoms with Crippen molar-refractivity contribution < 1.29 is 13.9 Å². The van der Waals surface area contributed by atoms with Crippen molar-refractivity contribution in [2.75, 3.05) is 24.3 Å². The molecule has 0 fully saturated rings. The number of hydrogen-bond acceptors (Lipinski definition) is 4. The normalized spacial score (nSPS) is 13.8. The van der Waals surface area contributed by atoms with Gasteiger partial charge in [-0.05, 0) is 30.3 Å². The number of anilines is 1. The number of benzene rings is 2. The molecule has 0 N–H and O–H groups in total. The number of hydrogen-bond donors (Lipinski definition) is 0. The summed E-state index contributed by atoms with van der Waals surface area (Å²) in [4.78, 5) is 15.8. The largest absolute Gasteiger partial charge is 0.497 e. The zero-order valence-corrected chi connectivity index (χ0v) is 15.2. The first kappa shape index (κ1) is 16.4. The summed E-state index contributed by atoms with van der Waals surface area (Å²) in [6.45, 7) is 0.681. The molecule has 0 saturated carbocycles. The Hall–Kier alpha value is -2.11. The maximum absolute atomic E-state index is 12.9. The van der Waals surface area contributed by atoms with Crippen LogP contribution >= 0.6 is 23.4 Å². The predicted octanol–water partition coefficient (Wildman–Crippen LogP) is 4.78. The number of nitrogens with zero attached hydrogens (tertiary/aromatic N) is 1. The number of halogens is 1. The molecule has 2 heterocycles. The van der Waals surface area contributed by atoms with Crippen LogP contribution < -0.4 is 9.64 Å². The van der Waals surface area contributed by atoms with E-state index >= 15 is 0 Å². The van der Waals surface area contributed by atoms with Gasteiger partial charge < -0.3 is 14.1 Å². The van der Waals surface area contributed by atoms with E-state index in [2.05, 4.69) is 0 Å². The molecule has 0 unspecified atom stereocenters. The molecule has 4 rings (SSSR count). The second-order valence-corrected chi connectivity index (χ2v) is 7.38. The molecule has 0 bridgehead atoms. The first-order chi connectivity index (χ1) is 12.2. The van der Waals surface area contributed by atoms with Gasteiger partial charge >= 0.3 is 0 Å². The van der Waals surface area contributed by atoms with E-state index in [1.807, 2.05) is 41.3 Å². The van der Waals surface area contributed by atoms with Gasteiger partial charge in [0.25, 0.3) is 0 Å². The highest BCUT2D eigenvalue weighted by Crippen LogP contribution is 2.37. The third kappa shape index (κ3) is 3.10. The van der Waals surface area contributed by atoms with Crippen LogP contribution in [0.25, 0.3) is 11.0 Å². The summed E-state index contributed by atoms with van der Waals surface area (Å²) >= 11 is 7.87. The summed E-state index contributed by atoms with van der Waals surface area (Å²) in [7, 11) is 1.62. The van der Waals surface area contributed by atoms with Crippen LogP contribution in [0.15, 0.2) is 52.0 Å². The van der Waals surface area contributed by atoms with Crippen molar-refractivity contribution in [2.24, 2.45) is 0 Å². The molecule has 0 atom stereocenters. The molecule has 3 aromatic rings. The number of carbonyl (C=O) groups is 1. The molecule has 6 heteroatoms. The Morgan fingerprint density at radius 2 is 2.20 bits per heavy atom. The Kier molecular flexibility index (Phi) is 4.36. The monoisotopic (exact) mass is 373 g/mol. The second-order valence-electron chi connectivity index (χ2n) is 5.81. The van der Waals surface area contributed by atoms with Gasteiger partial charge in [-0.2, -0.15) is 0 Å². The maximum Gasteiger partial charge on any atom is 0.231 e. The summed E-state index contributed by atoms with van der Waals surface area (Å²) in [6.07, 6.45) is 1.94. The lowest BCUT2D eigenvalue weighted by Gasteiger charge is -2.29. The quantitative estimate of drug-likeness (QED) is 0.662. The molecule has 1 amide bonds. The van der Waals surface area contributed by atoms with Crippen molar-refractivity contribution in [3.8, 4) is 5.75 Å². The highest BCUT2D eigenvalue weighted by atomic mass is 35.5. The summed E-state index contributed by atoms with van der Waals surface area (Å²) in [5, 5.41) is 1.58. The van der Waals surface area contributed by atoms with Gasteiger partial charge in [-0.3, -0.25) is 4.79 Å². The fraction of sp³-hybridized carbons (Fsp3) is 0.211. The Balaban J connectivity index is 1.62. The van der Waals surface area contributed by atoms with Crippen LogP contribution in [0.5, 0.6) is 5.75 Å². The van der Waals surface area contributed by atoms with Gasteiger partial charge in [0.05, 0.1) is 25.5 Å². The predicted molar refractivity (Wildman–Crippen MR) is 101 cm³/mol. The Labute approximate surface area is 154 Å². The molecular formula is C19H16ClNO3S. The molecule has 0 spiro atoms. The Morgan fingerprint density at radius 3 is 3.04 bits per heavy atom. The minimum Gasteiger partial charge on any atom is -0.497 e. The van der Waals surface area contributed by atoms with Crippen molar-refractivity contribution in [1.29, 1.82) is 0 Å². The van der Waals surface area contributed by atoms with Gasteiger partial charge in [-0.1, -0.05) is 11.6 Å². The maximum atomic E-state index is 12.9. The highest BCUT2D eigenvalue weighted by molar-refractivity contribution is 7.99. The molecule has 0 radical (unpaired) electrons. The van der Waals surface area contributed by atoms with E-state index in [-0.39, 0.29) is 12.3 Å². The fourth-order valence-corrected chi connectivity index (χ4v) is 4.18. The number of carbonyl (C=O) groups excluding carboxylic acids is 1. The fourth-order valence-electron chi connectivity index (χ4n) is 3.04. The smallest absolute Gasteiger partial charge is 0.231 e. The summed E-state index contributed by atoms with van der Waals surface area (Å²) in [5.74, 6) is 1.66. The number of rotatable bonds is 3. The summed E-state index contributed by atoms with van der Waals surface area (Å²) in [6, 6.07) is 11.3. The Bertz CT molecular complexity index is 953. The third-order valence-corrected chi connectivity index (χ3v) is 5.57. The minimum absolute atomic E-state index is 0.0438. The number of amides is 1. The average Bonchev–Trinajstić information content (AvgIpc) is 3.03. The first-order valence-corrected chi connectivity index (χ1v) is 9.29. The van der Waals surface area contributed by atoms with Crippen molar-refractivity contribution >= 4 is 45.9 Å². The van der Waals surface area contributed by atoms with Crippen LogP contribution in [0.3, 0.4) is 0 Å². The third-order valence-electron chi connectivity index (χ3n) is 4.29. The van der Waals surface area contributed by atoms with E-state index in [0.717, 1.165) is 38.6 Å². The van der Waals surface area contributed by atoms with Gasteiger partial charge in [0.15, 0.2) is 0 Å². The van der Waals surface area contributed by atoms with Crippen LogP contribution in [-0.2, 0) is 11.2 Å². The summed E-state index contributed by atoms with van der Waals surface area (Å²) < 4.78 is 10.8. The molecule has 128 valence electrons. The molecule has 25 heavy (non-hydrogen) atoms. The lowest BCUT2D eigenvalue weighted by Crippen LogP contribution is -2.36. The van der Waals surface area contributed by atoms with Crippen molar-refractivity contribution in [1.82, 2.24) is 0 Å². The molecule has 2 aromatic carbocycles. The Morgan fingerprint density at radius 1 is 1.32 bits per heavy atom. The topological polar surface area (TPSA) is 42.7 Å². The number of thioether (sulfide) groups is 1.